The SMILES string of the molecule is O=C(OCC#CCCCCCC#CCS(=O)(=O)c1cccc2ccccc12)c1cccc2cc3ccccc3cc12. The molecule has 0 aliphatic rings. The maximum atomic E-state index is 12.8. The molecule has 0 atom stereocenters. The minimum atomic E-state index is -3.47. The summed E-state index contributed by atoms with van der Waals surface area (Å²) in [6.07, 6.45) is 4.10. The number of fused-ring (bicyclic) bond motifs is 3. The van der Waals surface area contributed by atoms with E-state index in [4.69, 9.17) is 4.74 Å². The van der Waals surface area contributed by atoms with Gasteiger partial charge in [-0.15, -0.1) is 5.92 Å². The number of ether oxygens (including phenoxy) is 1. The largest absolute Gasteiger partial charge is 0.449 e. The lowest BCUT2D eigenvalue weighted by molar-refractivity contribution is 0.0559. The minimum absolute atomic E-state index is 0.0550. The van der Waals surface area contributed by atoms with Crippen molar-refractivity contribution in [2.75, 3.05) is 12.4 Å². The van der Waals surface area contributed by atoms with E-state index in [1.807, 2.05) is 66.7 Å². The molecule has 204 valence electrons. The van der Waals surface area contributed by atoms with Crippen molar-refractivity contribution in [1.29, 1.82) is 0 Å². The summed E-state index contributed by atoms with van der Waals surface area (Å²) < 4.78 is 31.0. The van der Waals surface area contributed by atoms with Crippen molar-refractivity contribution in [2.45, 2.75) is 37.0 Å². The molecule has 5 aromatic carbocycles. The van der Waals surface area contributed by atoms with Crippen LogP contribution in [0.4, 0.5) is 0 Å². The molecule has 4 nitrogen and oxygen atoms in total. The summed E-state index contributed by atoms with van der Waals surface area (Å²) in [7, 11) is -3.47. The molecule has 41 heavy (non-hydrogen) atoms. The van der Waals surface area contributed by atoms with E-state index in [-0.39, 0.29) is 18.3 Å². The van der Waals surface area contributed by atoms with Gasteiger partial charge in [-0.2, -0.15) is 0 Å². The molecule has 5 rings (SSSR count). The first-order chi connectivity index (χ1) is 20.0. The van der Waals surface area contributed by atoms with Gasteiger partial charge >= 0.3 is 5.97 Å². The lowest BCUT2D eigenvalue weighted by atomic mass is 10.00. The number of esters is 1. The summed E-state index contributed by atoms with van der Waals surface area (Å²) >= 11 is 0. The zero-order valence-electron chi connectivity index (χ0n) is 22.7. The minimum Gasteiger partial charge on any atom is -0.449 e. The molecule has 0 amide bonds. The van der Waals surface area contributed by atoms with Crippen molar-refractivity contribution in [3.05, 3.63) is 103 Å². The molecule has 0 radical (unpaired) electrons. The van der Waals surface area contributed by atoms with Gasteiger partial charge in [0.05, 0.1) is 10.5 Å². The third-order valence-electron chi connectivity index (χ3n) is 6.94. The van der Waals surface area contributed by atoms with Gasteiger partial charge < -0.3 is 4.74 Å². The van der Waals surface area contributed by atoms with Gasteiger partial charge in [0, 0.05) is 18.2 Å². The third-order valence-corrected chi connectivity index (χ3v) is 8.49. The van der Waals surface area contributed by atoms with Gasteiger partial charge in [-0.05, 0) is 64.0 Å². The van der Waals surface area contributed by atoms with Gasteiger partial charge in [0.2, 0.25) is 0 Å². The number of carbonyl (C=O) groups is 1. The average molecular weight is 559 g/mol. The van der Waals surface area contributed by atoms with E-state index < -0.39 is 9.84 Å². The Morgan fingerprint density at radius 3 is 2.05 bits per heavy atom. The van der Waals surface area contributed by atoms with Crippen LogP contribution in [0.15, 0.2) is 102 Å². The number of benzene rings is 5. The quantitative estimate of drug-likeness (QED) is 0.0846. The van der Waals surface area contributed by atoms with Crippen LogP contribution in [0.2, 0.25) is 0 Å². The van der Waals surface area contributed by atoms with E-state index in [0.717, 1.165) is 51.6 Å². The molecule has 0 spiro atoms. The van der Waals surface area contributed by atoms with E-state index in [2.05, 4.69) is 35.8 Å². The van der Waals surface area contributed by atoms with Crippen LogP contribution in [0.1, 0.15) is 42.5 Å². The van der Waals surface area contributed by atoms with Crippen molar-refractivity contribution in [3.8, 4) is 23.7 Å². The Morgan fingerprint density at radius 2 is 1.24 bits per heavy atom. The van der Waals surface area contributed by atoms with Crippen molar-refractivity contribution >= 4 is 48.1 Å². The van der Waals surface area contributed by atoms with Crippen molar-refractivity contribution in [1.82, 2.24) is 0 Å². The molecular weight excluding hydrogens is 528 g/mol. The average Bonchev–Trinajstić information content (AvgIpc) is 2.99. The Labute approximate surface area is 241 Å². The van der Waals surface area contributed by atoms with Crippen LogP contribution in [0.5, 0.6) is 0 Å². The van der Waals surface area contributed by atoms with E-state index >= 15 is 0 Å². The topological polar surface area (TPSA) is 60.4 Å². The first-order valence-corrected chi connectivity index (χ1v) is 15.4. The van der Waals surface area contributed by atoms with E-state index in [1.54, 1.807) is 18.2 Å². The number of carbonyl (C=O) groups excluding carboxylic acids is 1. The van der Waals surface area contributed by atoms with Gasteiger partial charge in [0.15, 0.2) is 16.4 Å². The number of hydrogen-bond acceptors (Lipinski definition) is 4. The van der Waals surface area contributed by atoms with Gasteiger partial charge in [0.1, 0.15) is 5.75 Å². The standard InChI is InChI=1S/C36H30O4S/c37-36(33-22-14-20-31-26-29-17-8-9-18-30(29)27-34(31)33)40-24-12-6-4-2-1-3-5-7-13-25-41(38,39)35-23-15-19-28-16-10-11-21-32(28)35/h8-11,14-23,26-27H,1-5,24-25H2. The highest BCUT2D eigenvalue weighted by atomic mass is 32.2. The summed E-state index contributed by atoms with van der Waals surface area (Å²) in [5.41, 5.74) is 0.543. The smallest absolute Gasteiger partial charge is 0.339 e. The van der Waals surface area contributed by atoms with Crippen LogP contribution < -0.4 is 0 Å². The van der Waals surface area contributed by atoms with Crippen LogP contribution in [-0.2, 0) is 14.6 Å². The van der Waals surface area contributed by atoms with Gasteiger partial charge in [-0.3, -0.25) is 0 Å². The highest BCUT2D eigenvalue weighted by Crippen LogP contribution is 2.26. The monoisotopic (exact) mass is 558 g/mol. The predicted molar refractivity (Wildman–Crippen MR) is 166 cm³/mol. The second kappa shape index (κ2) is 13.2. The van der Waals surface area contributed by atoms with Crippen molar-refractivity contribution in [3.63, 3.8) is 0 Å². The number of unbranched alkanes of at least 4 members (excludes halogenated alkanes) is 4. The fourth-order valence-electron chi connectivity index (χ4n) is 4.85. The highest BCUT2D eigenvalue weighted by molar-refractivity contribution is 7.91. The molecule has 0 saturated carbocycles. The molecule has 0 unspecified atom stereocenters. The summed E-state index contributed by atoms with van der Waals surface area (Å²) in [6.45, 7) is 0.0550. The number of hydrogen-bond donors (Lipinski definition) is 0. The van der Waals surface area contributed by atoms with Crippen LogP contribution in [-0.4, -0.2) is 26.7 Å². The Bertz CT molecular complexity index is 1940. The molecule has 0 aliphatic heterocycles. The molecule has 0 heterocycles. The zero-order chi connectivity index (χ0) is 28.5. The number of sulfone groups is 1. The molecule has 0 N–H and O–H groups in total. The lowest BCUT2D eigenvalue weighted by Crippen LogP contribution is -2.06. The van der Waals surface area contributed by atoms with Crippen molar-refractivity contribution < 1.29 is 17.9 Å². The maximum absolute atomic E-state index is 12.8. The second-order valence-corrected chi connectivity index (χ2v) is 11.8. The Hall–Kier alpha value is -4.58. The Balaban J connectivity index is 1.02. The van der Waals surface area contributed by atoms with E-state index in [1.165, 1.54) is 0 Å². The fraction of sp³-hybridized carbons (Fsp3) is 0.194. The molecule has 0 bridgehead atoms. The normalized spacial score (nSPS) is 11.0. The van der Waals surface area contributed by atoms with E-state index in [0.29, 0.717) is 23.3 Å². The zero-order valence-corrected chi connectivity index (χ0v) is 23.5. The Kier molecular flexibility index (Phi) is 8.99. The molecule has 0 saturated heterocycles. The summed E-state index contributed by atoms with van der Waals surface area (Å²) in [5, 5.41) is 5.72. The van der Waals surface area contributed by atoms with E-state index in [9.17, 15) is 13.2 Å². The van der Waals surface area contributed by atoms with Crippen LogP contribution in [0.3, 0.4) is 0 Å². The van der Waals surface area contributed by atoms with Crippen LogP contribution in [0.25, 0.3) is 32.3 Å². The summed E-state index contributed by atoms with van der Waals surface area (Å²) in [6, 6.07) is 30.6. The molecular formula is C36H30O4S. The van der Waals surface area contributed by atoms with Gasteiger partial charge in [-0.1, -0.05) is 97.0 Å². The highest BCUT2D eigenvalue weighted by Gasteiger charge is 2.16. The molecule has 5 aromatic rings. The first-order valence-electron chi connectivity index (χ1n) is 13.7. The molecule has 0 aliphatic carbocycles. The lowest BCUT2D eigenvalue weighted by Gasteiger charge is -2.07. The molecule has 5 heteroatoms. The predicted octanol–water partition coefficient (Wildman–Crippen LogP) is 7.73. The van der Waals surface area contributed by atoms with Crippen LogP contribution >= 0.6 is 0 Å². The Morgan fingerprint density at radius 1 is 0.610 bits per heavy atom. The van der Waals surface area contributed by atoms with Gasteiger partial charge in [-0.25, -0.2) is 13.2 Å². The first kappa shape index (κ1) is 28.0. The maximum Gasteiger partial charge on any atom is 0.339 e. The van der Waals surface area contributed by atoms with Crippen molar-refractivity contribution in [2.24, 2.45) is 0 Å². The molecule has 0 aromatic heterocycles. The second-order valence-electron chi connectivity index (χ2n) is 9.81. The summed E-state index contributed by atoms with van der Waals surface area (Å²) in [5.74, 6) is 11.3. The number of rotatable bonds is 8. The van der Waals surface area contributed by atoms with Gasteiger partial charge in [0.25, 0.3) is 0 Å². The third kappa shape index (κ3) is 6.95. The fourth-order valence-corrected chi connectivity index (χ4v) is 6.10. The molecule has 0 fully saturated rings. The van der Waals surface area contributed by atoms with Crippen LogP contribution in [0, 0.1) is 23.7 Å². The summed E-state index contributed by atoms with van der Waals surface area (Å²) in [4.78, 5) is 13.0.